The van der Waals surface area contributed by atoms with Crippen molar-refractivity contribution < 1.29 is 14.3 Å². The number of carbonyl (C=O) groups is 2. The van der Waals surface area contributed by atoms with E-state index in [1.807, 2.05) is 20.8 Å². The number of rotatable bonds is 5. The summed E-state index contributed by atoms with van der Waals surface area (Å²) in [5, 5.41) is 2.75. The summed E-state index contributed by atoms with van der Waals surface area (Å²) < 4.78 is 5.05. The number of benzene rings is 1. The number of hydrogen-bond donors (Lipinski definition) is 1. The van der Waals surface area contributed by atoms with E-state index in [0.29, 0.717) is 12.1 Å². The van der Waals surface area contributed by atoms with Crippen molar-refractivity contribution in [3.63, 3.8) is 0 Å². The van der Waals surface area contributed by atoms with Crippen molar-refractivity contribution in [2.75, 3.05) is 26.0 Å². The van der Waals surface area contributed by atoms with Gasteiger partial charge in [0.05, 0.1) is 13.7 Å². The van der Waals surface area contributed by atoms with Crippen LogP contribution in [0.15, 0.2) is 24.3 Å². The Bertz CT molecular complexity index is 489. The Morgan fingerprint density at radius 3 is 2.24 bits per heavy atom. The average Bonchev–Trinajstić information content (AvgIpc) is 2.37. The molecule has 0 heterocycles. The summed E-state index contributed by atoms with van der Waals surface area (Å²) in [6, 6.07) is 7.05. The number of anilines is 1. The summed E-state index contributed by atoms with van der Waals surface area (Å²) in [6.07, 6.45) is 0.416. The third kappa shape index (κ3) is 6.29. The van der Waals surface area contributed by atoms with Gasteiger partial charge < -0.3 is 15.0 Å². The second-order valence-electron chi connectivity index (χ2n) is 6.26. The Kier molecular flexibility index (Phi) is 5.76. The van der Waals surface area contributed by atoms with Gasteiger partial charge in [-0.1, -0.05) is 20.8 Å². The van der Waals surface area contributed by atoms with E-state index in [0.717, 1.165) is 5.75 Å². The Hall–Kier alpha value is -2.04. The molecular weight excluding hydrogens is 268 g/mol. The fourth-order valence-electron chi connectivity index (χ4n) is 1.77. The van der Waals surface area contributed by atoms with Gasteiger partial charge in [0.2, 0.25) is 11.8 Å². The maximum Gasteiger partial charge on any atom is 0.243 e. The highest BCUT2D eigenvalue weighted by atomic mass is 16.5. The number of methoxy groups -OCH3 is 1. The van der Waals surface area contributed by atoms with E-state index in [1.54, 1.807) is 38.4 Å². The zero-order chi connectivity index (χ0) is 16.0. The third-order valence-corrected chi connectivity index (χ3v) is 2.86. The molecule has 0 fully saturated rings. The number of ether oxygens (including phenoxy) is 1. The van der Waals surface area contributed by atoms with Crippen molar-refractivity contribution in [2.24, 2.45) is 5.41 Å². The molecule has 21 heavy (non-hydrogen) atoms. The summed E-state index contributed by atoms with van der Waals surface area (Å²) in [6.45, 7) is 6.03. The van der Waals surface area contributed by atoms with E-state index >= 15 is 0 Å². The molecule has 0 atom stereocenters. The zero-order valence-corrected chi connectivity index (χ0v) is 13.4. The van der Waals surface area contributed by atoms with Gasteiger partial charge in [-0.25, -0.2) is 0 Å². The molecule has 0 saturated carbocycles. The lowest BCUT2D eigenvalue weighted by atomic mass is 9.92. The van der Waals surface area contributed by atoms with Crippen LogP contribution in [0.5, 0.6) is 5.75 Å². The molecule has 0 aromatic heterocycles. The normalized spacial score (nSPS) is 10.9. The molecule has 1 aromatic rings. The predicted octanol–water partition coefficient (Wildman–Crippen LogP) is 2.53. The first-order chi connectivity index (χ1) is 9.71. The van der Waals surface area contributed by atoms with E-state index in [4.69, 9.17) is 4.74 Å². The van der Waals surface area contributed by atoms with Gasteiger partial charge in [0.15, 0.2) is 0 Å². The monoisotopic (exact) mass is 292 g/mol. The van der Waals surface area contributed by atoms with Crippen molar-refractivity contribution in [3.8, 4) is 5.75 Å². The smallest absolute Gasteiger partial charge is 0.243 e. The number of nitrogens with one attached hydrogen (secondary N) is 1. The fraction of sp³-hybridized carbons (Fsp3) is 0.500. The Morgan fingerprint density at radius 2 is 1.76 bits per heavy atom. The Labute approximate surface area is 126 Å². The summed E-state index contributed by atoms with van der Waals surface area (Å²) in [7, 11) is 3.23. The quantitative estimate of drug-likeness (QED) is 0.907. The van der Waals surface area contributed by atoms with Gasteiger partial charge in [0, 0.05) is 19.2 Å². The van der Waals surface area contributed by atoms with E-state index in [2.05, 4.69) is 5.32 Å². The summed E-state index contributed by atoms with van der Waals surface area (Å²) >= 11 is 0. The largest absolute Gasteiger partial charge is 0.497 e. The summed E-state index contributed by atoms with van der Waals surface area (Å²) in [4.78, 5) is 25.3. The number of hydrogen-bond acceptors (Lipinski definition) is 3. The molecule has 1 rings (SSSR count). The van der Waals surface area contributed by atoms with Gasteiger partial charge in [-0.2, -0.15) is 0 Å². The molecule has 1 N–H and O–H groups in total. The lowest BCUT2D eigenvalue weighted by molar-refractivity contribution is -0.134. The van der Waals surface area contributed by atoms with Crippen LogP contribution in [0.3, 0.4) is 0 Å². The van der Waals surface area contributed by atoms with Crippen LogP contribution < -0.4 is 10.1 Å². The van der Waals surface area contributed by atoms with Crippen molar-refractivity contribution in [2.45, 2.75) is 27.2 Å². The van der Waals surface area contributed by atoms with Crippen LogP contribution in [-0.4, -0.2) is 37.4 Å². The number of likely N-dealkylation sites (N-methyl/N-ethyl adjacent to an activating group) is 1. The minimum atomic E-state index is -0.218. The van der Waals surface area contributed by atoms with Crippen LogP contribution >= 0.6 is 0 Å². The predicted molar refractivity (Wildman–Crippen MR) is 83.3 cm³/mol. The van der Waals surface area contributed by atoms with Gasteiger partial charge in [-0.15, -0.1) is 0 Å². The zero-order valence-electron chi connectivity index (χ0n) is 13.4. The van der Waals surface area contributed by atoms with Crippen LogP contribution in [-0.2, 0) is 9.59 Å². The molecule has 0 bridgehead atoms. The minimum Gasteiger partial charge on any atom is -0.497 e. The van der Waals surface area contributed by atoms with E-state index < -0.39 is 0 Å². The molecule has 0 saturated heterocycles. The second-order valence-corrected chi connectivity index (χ2v) is 6.26. The molecule has 116 valence electrons. The van der Waals surface area contributed by atoms with Crippen LogP contribution in [0.2, 0.25) is 0 Å². The molecule has 0 aliphatic rings. The molecule has 0 aliphatic heterocycles. The van der Waals surface area contributed by atoms with Crippen LogP contribution in [0, 0.1) is 5.41 Å². The Balaban J connectivity index is 2.50. The fourth-order valence-corrected chi connectivity index (χ4v) is 1.77. The highest BCUT2D eigenvalue weighted by molar-refractivity contribution is 5.94. The lowest BCUT2D eigenvalue weighted by Gasteiger charge is -2.22. The van der Waals surface area contributed by atoms with Crippen LogP contribution in [0.1, 0.15) is 27.2 Å². The molecule has 1 aromatic carbocycles. The molecular formula is C16H24N2O3. The topological polar surface area (TPSA) is 58.6 Å². The van der Waals surface area contributed by atoms with Crippen molar-refractivity contribution in [1.82, 2.24) is 4.90 Å². The molecule has 0 aliphatic carbocycles. The minimum absolute atomic E-state index is 0.0348. The number of amides is 2. The lowest BCUT2D eigenvalue weighted by Crippen LogP contribution is -2.36. The molecule has 5 nitrogen and oxygen atoms in total. The van der Waals surface area contributed by atoms with Crippen LogP contribution in [0.25, 0.3) is 0 Å². The summed E-state index contributed by atoms with van der Waals surface area (Å²) in [5.74, 6) is 0.475. The molecule has 0 spiro atoms. The SMILES string of the molecule is COc1ccc(NC(=O)CN(C)C(=O)CC(C)(C)C)cc1. The molecule has 0 unspecified atom stereocenters. The highest BCUT2D eigenvalue weighted by Gasteiger charge is 2.20. The summed E-state index contributed by atoms with van der Waals surface area (Å²) in [5.41, 5.74) is 0.593. The second kappa shape index (κ2) is 7.11. The maximum absolute atomic E-state index is 12.0. The van der Waals surface area contributed by atoms with Gasteiger partial charge in [0.25, 0.3) is 0 Å². The molecule has 5 heteroatoms. The van der Waals surface area contributed by atoms with Gasteiger partial charge in [-0.05, 0) is 29.7 Å². The first kappa shape index (κ1) is 17.0. The standard InChI is InChI=1S/C16H24N2O3/c1-16(2,3)10-15(20)18(4)11-14(19)17-12-6-8-13(21-5)9-7-12/h6-9H,10-11H2,1-5H3,(H,17,19). The Morgan fingerprint density at radius 1 is 1.19 bits per heavy atom. The van der Waals surface area contributed by atoms with E-state index in [1.165, 1.54) is 4.90 Å². The first-order valence-corrected chi connectivity index (χ1v) is 6.89. The highest BCUT2D eigenvalue weighted by Crippen LogP contribution is 2.19. The first-order valence-electron chi connectivity index (χ1n) is 6.89. The van der Waals surface area contributed by atoms with Gasteiger partial charge in [0.1, 0.15) is 5.75 Å². The van der Waals surface area contributed by atoms with Gasteiger partial charge >= 0.3 is 0 Å². The van der Waals surface area contributed by atoms with Crippen LogP contribution in [0.4, 0.5) is 5.69 Å². The average molecular weight is 292 g/mol. The third-order valence-electron chi connectivity index (χ3n) is 2.86. The molecule has 0 radical (unpaired) electrons. The molecule has 2 amide bonds. The van der Waals surface area contributed by atoms with Crippen molar-refractivity contribution >= 4 is 17.5 Å². The van der Waals surface area contributed by atoms with E-state index in [-0.39, 0.29) is 23.8 Å². The number of nitrogens with zero attached hydrogens (tertiary/aromatic N) is 1. The van der Waals surface area contributed by atoms with Crippen molar-refractivity contribution in [3.05, 3.63) is 24.3 Å². The number of carbonyl (C=O) groups excluding carboxylic acids is 2. The van der Waals surface area contributed by atoms with Gasteiger partial charge in [-0.3, -0.25) is 9.59 Å². The van der Waals surface area contributed by atoms with E-state index in [9.17, 15) is 9.59 Å². The maximum atomic E-state index is 12.0. The van der Waals surface area contributed by atoms with Crippen molar-refractivity contribution in [1.29, 1.82) is 0 Å².